The van der Waals surface area contributed by atoms with E-state index in [0.29, 0.717) is 25.9 Å². The summed E-state index contributed by atoms with van der Waals surface area (Å²) in [7, 11) is 1.59. The molecule has 0 spiro atoms. The highest BCUT2D eigenvalue weighted by molar-refractivity contribution is 5.75. The van der Waals surface area contributed by atoms with Gasteiger partial charge >= 0.3 is 12.0 Å². The van der Waals surface area contributed by atoms with Crippen molar-refractivity contribution in [3.05, 3.63) is 0 Å². The first kappa shape index (κ1) is 12.8. The molecule has 0 unspecified atom stereocenters. The predicted octanol–water partition coefficient (Wildman–Crippen LogP) is -0.0304. The normalized spacial score (nSPS) is 17.2. The highest BCUT2D eigenvalue weighted by Crippen LogP contribution is 2.11. The minimum atomic E-state index is -0.909. The average Bonchev–Trinajstić information content (AvgIpc) is 2.26. The zero-order valence-corrected chi connectivity index (χ0v) is 9.43. The molecular formula is C10H18N2O4. The number of likely N-dealkylation sites (tertiary alicyclic amines) is 1. The molecule has 6 nitrogen and oxygen atoms in total. The number of aliphatic hydroxyl groups is 1. The fraction of sp³-hybridized carbons (Fsp3) is 0.800. The Labute approximate surface area is 94.4 Å². The van der Waals surface area contributed by atoms with Gasteiger partial charge in [-0.1, -0.05) is 0 Å². The van der Waals surface area contributed by atoms with Crippen LogP contribution in [0, 0.1) is 0 Å². The van der Waals surface area contributed by atoms with E-state index in [-0.39, 0.29) is 25.1 Å². The van der Waals surface area contributed by atoms with Crippen LogP contribution < -0.4 is 0 Å². The van der Waals surface area contributed by atoms with Gasteiger partial charge in [-0.25, -0.2) is 4.79 Å². The monoisotopic (exact) mass is 230 g/mol. The lowest BCUT2D eigenvalue weighted by Crippen LogP contribution is -2.46. The lowest BCUT2D eigenvalue weighted by atomic mass is 10.1. The standard InChI is InChI=1S/C10H18N2O4/c1-11(5-4-9(14)15)10(16)12-6-2-8(13)3-7-12/h8,13H,2-7H2,1H3,(H,14,15). The molecular weight excluding hydrogens is 212 g/mol. The van der Waals surface area contributed by atoms with Crippen molar-refractivity contribution in [2.45, 2.75) is 25.4 Å². The molecule has 0 aromatic heterocycles. The van der Waals surface area contributed by atoms with E-state index in [0.717, 1.165) is 0 Å². The molecule has 16 heavy (non-hydrogen) atoms. The summed E-state index contributed by atoms with van der Waals surface area (Å²) in [4.78, 5) is 25.2. The molecule has 0 radical (unpaired) electrons. The first-order valence-electron chi connectivity index (χ1n) is 5.40. The molecule has 1 saturated heterocycles. The van der Waals surface area contributed by atoms with Gasteiger partial charge in [0, 0.05) is 26.7 Å². The Balaban J connectivity index is 2.35. The number of hydrogen-bond donors (Lipinski definition) is 2. The third-order valence-electron chi connectivity index (χ3n) is 2.72. The topological polar surface area (TPSA) is 81.1 Å². The zero-order valence-electron chi connectivity index (χ0n) is 9.43. The van der Waals surface area contributed by atoms with Gasteiger partial charge in [0.25, 0.3) is 0 Å². The number of aliphatic hydroxyl groups excluding tert-OH is 1. The van der Waals surface area contributed by atoms with E-state index in [1.165, 1.54) is 4.90 Å². The lowest BCUT2D eigenvalue weighted by molar-refractivity contribution is -0.137. The van der Waals surface area contributed by atoms with Gasteiger partial charge in [-0.3, -0.25) is 4.79 Å². The van der Waals surface area contributed by atoms with E-state index < -0.39 is 5.97 Å². The lowest BCUT2D eigenvalue weighted by Gasteiger charge is -2.32. The molecule has 92 valence electrons. The molecule has 0 aromatic rings. The van der Waals surface area contributed by atoms with Gasteiger partial charge in [0.05, 0.1) is 12.5 Å². The quantitative estimate of drug-likeness (QED) is 0.713. The number of piperidine rings is 1. The molecule has 1 aliphatic rings. The fourth-order valence-electron chi connectivity index (χ4n) is 1.66. The van der Waals surface area contributed by atoms with Crippen molar-refractivity contribution in [3.63, 3.8) is 0 Å². The Morgan fingerprint density at radius 1 is 1.38 bits per heavy atom. The molecule has 0 atom stereocenters. The third-order valence-corrected chi connectivity index (χ3v) is 2.72. The van der Waals surface area contributed by atoms with Crippen LogP contribution in [0.5, 0.6) is 0 Å². The predicted molar refractivity (Wildman–Crippen MR) is 57.1 cm³/mol. The van der Waals surface area contributed by atoms with Crippen molar-refractivity contribution >= 4 is 12.0 Å². The van der Waals surface area contributed by atoms with Crippen molar-refractivity contribution < 1.29 is 19.8 Å². The van der Waals surface area contributed by atoms with Crippen LogP contribution in [0.4, 0.5) is 4.79 Å². The molecule has 1 rings (SSSR count). The molecule has 1 fully saturated rings. The van der Waals surface area contributed by atoms with Crippen molar-refractivity contribution in [3.8, 4) is 0 Å². The van der Waals surface area contributed by atoms with Gasteiger partial charge in [-0.15, -0.1) is 0 Å². The molecule has 0 bridgehead atoms. The minimum absolute atomic E-state index is 0.0430. The van der Waals surface area contributed by atoms with Crippen LogP contribution in [0.3, 0.4) is 0 Å². The van der Waals surface area contributed by atoms with E-state index in [4.69, 9.17) is 5.11 Å². The molecule has 2 N–H and O–H groups in total. The van der Waals surface area contributed by atoms with E-state index in [2.05, 4.69) is 0 Å². The van der Waals surface area contributed by atoms with Gasteiger partial charge < -0.3 is 20.0 Å². The summed E-state index contributed by atoms with van der Waals surface area (Å²) in [6, 6.07) is -0.159. The maximum atomic E-state index is 11.8. The molecule has 1 aliphatic heterocycles. The number of rotatable bonds is 3. The second-order valence-electron chi connectivity index (χ2n) is 4.07. The van der Waals surface area contributed by atoms with Gasteiger partial charge in [-0.2, -0.15) is 0 Å². The Kier molecular flexibility index (Phi) is 4.54. The van der Waals surface area contributed by atoms with Crippen LogP contribution in [0.15, 0.2) is 0 Å². The van der Waals surface area contributed by atoms with Gasteiger partial charge in [0.15, 0.2) is 0 Å². The third kappa shape index (κ3) is 3.69. The Morgan fingerprint density at radius 2 is 1.94 bits per heavy atom. The van der Waals surface area contributed by atoms with Crippen LogP contribution >= 0.6 is 0 Å². The number of carboxylic acids is 1. The van der Waals surface area contributed by atoms with Crippen molar-refractivity contribution in [1.29, 1.82) is 0 Å². The highest BCUT2D eigenvalue weighted by atomic mass is 16.4. The molecule has 0 aromatic carbocycles. The number of carbonyl (C=O) groups is 2. The number of amides is 2. The molecule has 0 aliphatic carbocycles. The second kappa shape index (κ2) is 5.69. The summed E-state index contributed by atoms with van der Waals surface area (Å²) in [6.07, 6.45) is 0.837. The first-order chi connectivity index (χ1) is 7.50. The number of nitrogens with zero attached hydrogens (tertiary/aromatic N) is 2. The molecule has 6 heteroatoms. The summed E-state index contributed by atoms with van der Waals surface area (Å²) in [5, 5.41) is 17.8. The maximum Gasteiger partial charge on any atom is 0.319 e. The first-order valence-corrected chi connectivity index (χ1v) is 5.40. The SMILES string of the molecule is CN(CCC(=O)O)C(=O)N1CCC(O)CC1. The van der Waals surface area contributed by atoms with Crippen LogP contribution in [0.25, 0.3) is 0 Å². The highest BCUT2D eigenvalue weighted by Gasteiger charge is 2.23. The van der Waals surface area contributed by atoms with Crippen molar-refractivity contribution in [2.75, 3.05) is 26.7 Å². The van der Waals surface area contributed by atoms with Crippen LogP contribution in [-0.4, -0.2) is 64.8 Å². The average molecular weight is 230 g/mol. The summed E-state index contributed by atoms with van der Waals surface area (Å²) in [5.74, 6) is -0.909. The van der Waals surface area contributed by atoms with Crippen molar-refractivity contribution in [2.24, 2.45) is 0 Å². The largest absolute Gasteiger partial charge is 0.481 e. The van der Waals surface area contributed by atoms with Gasteiger partial charge in [0.2, 0.25) is 0 Å². The Morgan fingerprint density at radius 3 is 2.44 bits per heavy atom. The smallest absolute Gasteiger partial charge is 0.319 e. The van der Waals surface area contributed by atoms with E-state index in [1.807, 2.05) is 0 Å². The van der Waals surface area contributed by atoms with Crippen LogP contribution in [0.2, 0.25) is 0 Å². The van der Waals surface area contributed by atoms with E-state index in [1.54, 1.807) is 11.9 Å². The number of hydrogen-bond acceptors (Lipinski definition) is 3. The maximum absolute atomic E-state index is 11.8. The second-order valence-corrected chi connectivity index (χ2v) is 4.07. The summed E-state index contributed by atoms with van der Waals surface area (Å²) in [5.41, 5.74) is 0. The van der Waals surface area contributed by atoms with Crippen LogP contribution in [-0.2, 0) is 4.79 Å². The molecule has 0 saturated carbocycles. The number of urea groups is 1. The fourth-order valence-corrected chi connectivity index (χ4v) is 1.66. The number of carbonyl (C=O) groups excluding carboxylic acids is 1. The number of aliphatic carboxylic acids is 1. The Hall–Kier alpha value is -1.30. The number of carboxylic acid groups (broad SMARTS) is 1. The Bertz CT molecular complexity index is 262. The zero-order chi connectivity index (χ0) is 12.1. The van der Waals surface area contributed by atoms with E-state index in [9.17, 15) is 14.7 Å². The molecule has 2 amide bonds. The van der Waals surface area contributed by atoms with Crippen LogP contribution in [0.1, 0.15) is 19.3 Å². The minimum Gasteiger partial charge on any atom is -0.481 e. The summed E-state index contributed by atoms with van der Waals surface area (Å²) in [6.45, 7) is 1.29. The summed E-state index contributed by atoms with van der Waals surface area (Å²) < 4.78 is 0. The molecule has 1 heterocycles. The summed E-state index contributed by atoms with van der Waals surface area (Å²) >= 11 is 0. The van der Waals surface area contributed by atoms with Gasteiger partial charge in [0.1, 0.15) is 0 Å². The van der Waals surface area contributed by atoms with E-state index >= 15 is 0 Å². The van der Waals surface area contributed by atoms with Crippen molar-refractivity contribution in [1.82, 2.24) is 9.80 Å². The van der Waals surface area contributed by atoms with Gasteiger partial charge in [-0.05, 0) is 12.8 Å².